The van der Waals surface area contributed by atoms with Crippen molar-refractivity contribution in [3.8, 4) is 0 Å². The molecule has 0 unspecified atom stereocenters. The maximum atomic E-state index is 9.23. The van der Waals surface area contributed by atoms with E-state index in [-0.39, 0.29) is 13.2 Å². The zero-order chi connectivity index (χ0) is 10.8. The third-order valence-electron chi connectivity index (χ3n) is 2.67. The molecule has 0 fully saturated rings. The van der Waals surface area contributed by atoms with Crippen LogP contribution in [0.25, 0.3) is 11.0 Å². The van der Waals surface area contributed by atoms with Gasteiger partial charge in [0.1, 0.15) is 18.0 Å². The molecule has 0 radical (unpaired) electrons. The molecular weight excluding hydrogens is 192 g/mol. The van der Waals surface area contributed by atoms with E-state index in [1.54, 1.807) is 0 Å². The number of furan rings is 1. The van der Waals surface area contributed by atoms with Crippen molar-refractivity contribution in [3.63, 3.8) is 0 Å². The number of aliphatic hydroxyl groups excluding tert-OH is 2. The Labute approximate surface area is 88.0 Å². The van der Waals surface area contributed by atoms with Gasteiger partial charge in [-0.1, -0.05) is 25.1 Å². The molecule has 3 heteroatoms. The van der Waals surface area contributed by atoms with Gasteiger partial charge in [-0.3, -0.25) is 0 Å². The van der Waals surface area contributed by atoms with Crippen LogP contribution in [0.1, 0.15) is 23.8 Å². The van der Waals surface area contributed by atoms with E-state index in [1.807, 2.05) is 18.2 Å². The zero-order valence-corrected chi connectivity index (χ0v) is 8.66. The van der Waals surface area contributed by atoms with E-state index in [0.717, 1.165) is 23.0 Å². The van der Waals surface area contributed by atoms with Crippen molar-refractivity contribution >= 4 is 11.0 Å². The lowest BCUT2D eigenvalue weighted by Gasteiger charge is -1.97. The molecule has 0 amide bonds. The molecule has 1 aromatic carbocycles. The number of hydrogen-bond acceptors (Lipinski definition) is 3. The van der Waals surface area contributed by atoms with Crippen LogP contribution in [-0.2, 0) is 19.6 Å². The van der Waals surface area contributed by atoms with Gasteiger partial charge in [-0.05, 0) is 12.0 Å². The highest BCUT2D eigenvalue weighted by molar-refractivity contribution is 5.85. The van der Waals surface area contributed by atoms with Crippen molar-refractivity contribution in [2.45, 2.75) is 26.6 Å². The summed E-state index contributed by atoms with van der Waals surface area (Å²) < 4.78 is 5.55. The average Bonchev–Trinajstić information content (AvgIpc) is 2.66. The average molecular weight is 206 g/mol. The molecule has 0 aliphatic rings. The first kappa shape index (κ1) is 10.2. The fourth-order valence-corrected chi connectivity index (χ4v) is 1.86. The number of aryl methyl sites for hydroxylation is 1. The first-order valence-electron chi connectivity index (χ1n) is 5.05. The molecule has 80 valence electrons. The Bertz CT molecular complexity index is 471. The minimum Gasteiger partial charge on any atom is -0.458 e. The first-order valence-corrected chi connectivity index (χ1v) is 5.05. The van der Waals surface area contributed by atoms with Gasteiger partial charge in [0.2, 0.25) is 0 Å². The summed E-state index contributed by atoms with van der Waals surface area (Å²) in [6.07, 6.45) is 0.876. The standard InChI is InChI=1S/C12H14O3/c1-2-8-4-3-5-9-10(6-13)11(7-14)15-12(8)9/h3-5,13-14H,2,6-7H2,1H3. The topological polar surface area (TPSA) is 53.6 Å². The Morgan fingerprint density at radius 1 is 1.20 bits per heavy atom. The Hall–Kier alpha value is -1.32. The van der Waals surface area contributed by atoms with Crippen molar-refractivity contribution in [2.75, 3.05) is 0 Å². The highest BCUT2D eigenvalue weighted by Crippen LogP contribution is 2.28. The summed E-state index contributed by atoms with van der Waals surface area (Å²) in [4.78, 5) is 0. The van der Waals surface area contributed by atoms with Crippen molar-refractivity contribution in [3.05, 3.63) is 35.1 Å². The molecule has 2 aromatic rings. The molecule has 0 spiro atoms. The van der Waals surface area contributed by atoms with Gasteiger partial charge in [-0.25, -0.2) is 0 Å². The predicted octanol–water partition coefficient (Wildman–Crippen LogP) is 1.98. The number of hydrogen-bond donors (Lipinski definition) is 2. The van der Waals surface area contributed by atoms with Gasteiger partial charge >= 0.3 is 0 Å². The summed E-state index contributed by atoms with van der Waals surface area (Å²) in [7, 11) is 0. The third-order valence-corrected chi connectivity index (χ3v) is 2.67. The maximum absolute atomic E-state index is 9.23. The van der Waals surface area contributed by atoms with Crippen LogP contribution < -0.4 is 0 Å². The number of fused-ring (bicyclic) bond motifs is 1. The fraction of sp³-hybridized carbons (Fsp3) is 0.333. The number of para-hydroxylation sites is 1. The largest absolute Gasteiger partial charge is 0.458 e. The lowest BCUT2D eigenvalue weighted by Crippen LogP contribution is -1.88. The zero-order valence-electron chi connectivity index (χ0n) is 8.66. The monoisotopic (exact) mass is 206 g/mol. The minimum absolute atomic E-state index is 0.101. The summed E-state index contributed by atoms with van der Waals surface area (Å²) in [5, 5.41) is 19.2. The molecule has 3 nitrogen and oxygen atoms in total. The molecule has 1 heterocycles. The van der Waals surface area contributed by atoms with E-state index >= 15 is 0 Å². The first-order chi connectivity index (χ1) is 7.31. The highest BCUT2D eigenvalue weighted by atomic mass is 16.4. The lowest BCUT2D eigenvalue weighted by atomic mass is 10.1. The van der Waals surface area contributed by atoms with Gasteiger partial charge in [-0.2, -0.15) is 0 Å². The number of rotatable bonds is 3. The molecule has 1 aromatic heterocycles. The molecule has 0 bridgehead atoms. The molecular formula is C12H14O3. The summed E-state index contributed by atoms with van der Waals surface area (Å²) in [5.41, 5.74) is 2.58. The van der Waals surface area contributed by atoms with E-state index in [0.29, 0.717) is 11.3 Å². The number of aliphatic hydroxyl groups is 2. The minimum atomic E-state index is -0.173. The van der Waals surface area contributed by atoms with Crippen LogP contribution in [0.4, 0.5) is 0 Å². The van der Waals surface area contributed by atoms with Crippen LogP contribution in [-0.4, -0.2) is 10.2 Å². The van der Waals surface area contributed by atoms with Crippen molar-refractivity contribution in [1.29, 1.82) is 0 Å². The van der Waals surface area contributed by atoms with Crippen LogP contribution in [0, 0.1) is 0 Å². The SMILES string of the molecule is CCc1cccc2c(CO)c(CO)oc12. The van der Waals surface area contributed by atoms with Gasteiger partial charge in [-0.15, -0.1) is 0 Å². The summed E-state index contributed by atoms with van der Waals surface area (Å²) in [6, 6.07) is 5.84. The van der Waals surface area contributed by atoms with Crippen LogP contribution in [0.5, 0.6) is 0 Å². The van der Waals surface area contributed by atoms with Gasteiger partial charge in [0.05, 0.1) is 6.61 Å². The van der Waals surface area contributed by atoms with Crippen molar-refractivity contribution in [2.24, 2.45) is 0 Å². The molecule has 0 saturated heterocycles. The van der Waals surface area contributed by atoms with E-state index in [4.69, 9.17) is 9.52 Å². The van der Waals surface area contributed by atoms with Crippen molar-refractivity contribution in [1.82, 2.24) is 0 Å². The quantitative estimate of drug-likeness (QED) is 0.807. The Kier molecular flexibility index (Phi) is 2.75. The summed E-state index contributed by atoms with van der Waals surface area (Å²) in [5.74, 6) is 0.466. The molecule has 2 rings (SSSR count). The molecule has 0 aliphatic heterocycles. The predicted molar refractivity (Wildman–Crippen MR) is 57.4 cm³/mol. The van der Waals surface area contributed by atoms with Crippen LogP contribution in [0.2, 0.25) is 0 Å². The van der Waals surface area contributed by atoms with Gasteiger partial charge < -0.3 is 14.6 Å². The maximum Gasteiger partial charge on any atom is 0.137 e. The van der Waals surface area contributed by atoms with E-state index in [9.17, 15) is 5.11 Å². The second-order valence-corrected chi connectivity index (χ2v) is 3.47. The normalized spacial score (nSPS) is 11.1. The molecule has 0 atom stereocenters. The molecule has 0 aliphatic carbocycles. The lowest BCUT2D eigenvalue weighted by molar-refractivity contribution is 0.236. The van der Waals surface area contributed by atoms with E-state index in [1.165, 1.54) is 0 Å². The van der Waals surface area contributed by atoms with E-state index < -0.39 is 0 Å². The molecule has 0 saturated carbocycles. The van der Waals surface area contributed by atoms with Gasteiger partial charge in [0.25, 0.3) is 0 Å². The smallest absolute Gasteiger partial charge is 0.137 e. The van der Waals surface area contributed by atoms with Crippen LogP contribution >= 0.6 is 0 Å². The molecule has 2 N–H and O–H groups in total. The second kappa shape index (κ2) is 4.04. The Morgan fingerprint density at radius 3 is 2.60 bits per heavy atom. The third kappa shape index (κ3) is 1.54. The summed E-state index contributed by atoms with van der Waals surface area (Å²) in [6.45, 7) is 1.78. The fourth-order valence-electron chi connectivity index (χ4n) is 1.86. The highest BCUT2D eigenvalue weighted by Gasteiger charge is 2.14. The second-order valence-electron chi connectivity index (χ2n) is 3.47. The Balaban J connectivity index is 2.75. The van der Waals surface area contributed by atoms with Crippen molar-refractivity contribution < 1.29 is 14.6 Å². The van der Waals surface area contributed by atoms with Crippen LogP contribution in [0.15, 0.2) is 22.6 Å². The van der Waals surface area contributed by atoms with Gasteiger partial charge in [0.15, 0.2) is 0 Å². The number of benzene rings is 1. The molecule has 15 heavy (non-hydrogen) atoms. The van der Waals surface area contributed by atoms with E-state index in [2.05, 4.69) is 6.92 Å². The van der Waals surface area contributed by atoms with Gasteiger partial charge in [0, 0.05) is 10.9 Å². The Morgan fingerprint density at radius 2 is 2.00 bits per heavy atom. The van der Waals surface area contributed by atoms with Crippen LogP contribution in [0.3, 0.4) is 0 Å². The summed E-state index contributed by atoms with van der Waals surface area (Å²) >= 11 is 0.